The zero-order valence-electron chi connectivity index (χ0n) is 21.9. The summed E-state index contributed by atoms with van der Waals surface area (Å²) >= 11 is 1.64. The van der Waals surface area contributed by atoms with Gasteiger partial charge in [0.15, 0.2) is 5.71 Å². The number of ether oxygens (including phenoxy) is 1. The molecule has 40 heavy (non-hydrogen) atoms. The number of morpholine rings is 1. The zero-order chi connectivity index (χ0) is 27.9. The first-order valence-corrected chi connectivity index (χ1v) is 14.1. The van der Waals surface area contributed by atoms with Crippen LogP contribution < -0.4 is 10.3 Å². The van der Waals surface area contributed by atoms with Crippen LogP contribution in [0.2, 0.25) is 0 Å². The number of fused-ring (bicyclic) bond motifs is 1. The average molecular weight is 559 g/mol. The number of amides is 3. The number of nitrogens with one attached hydrogen (secondary N) is 1. The smallest absolute Gasteiger partial charge is 0.337 e. The van der Waals surface area contributed by atoms with Crippen molar-refractivity contribution in [2.75, 3.05) is 43.5 Å². The highest BCUT2D eigenvalue weighted by Gasteiger charge is 2.34. The van der Waals surface area contributed by atoms with Gasteiger partial charge in [0.1, 0.15) is 0 Å². The van der Waals surface area contributed by atoms with Crippen molar-refractivity contribution in [2.24, 2.45) is 5.10 Å². The summed E-state index contributed by atoms with van der Waals surface area (Å²) in [5.41, 5.74) is 6.71. The molecule has 2 heterocycles. The minimum atomic E-state index is -0.940. The molecule has 0 unspecified atom stereocenters. The van der Waals surface area contributed by atoms with Gasteiger partial charge in [-0.3, -0.25) is 4.79 Å². The van der Waals surface area contributed by atoms with Crippen LogP contribution in [0.4, 0.5) is 10.5 Å². The van der Waals surface area contributed by atoms with Gasteiger partial charge in [0.2, 0.25) is 0 Å². The predicted octanol–water partition coefficient (Wildman–Crippen LogP) is 4.05. The van der Waals surface area contributed by atoms with Crippen LogP contribution >= 0.6 is 11.8 Å². The second-order valence-electron chi connectivity index (χ2n) is 9.45. The number of thioether (sulfide) groups is 1. The Morgan fingerprint density at radius 2 is 1.68 bits per heavy atom. The van der Waals surface area contributed by atoms with Gasteiger partial charge in [0.25, 0.3) is 5.91 Å². The number of urea groups is 1. The third-order valence-corrected chi connectivity index (χ3v) is 7.85. The second kappa shape index (κ2) is 12.8. The van der Waals surface area contributed by atoms with Gasteiger partial charge < -0.3 is 19.6 Å². The van der Waals surface area contributed by atoms with Gasteiger partial charge in [0.05, 0.1) is 24.5 Å². The van der Waals surface area contributed by atoms with E-state index in [1.165, 1.54) is 0 Å². The molecular weight excluding hydrogens is 528 g/mol. The summed E-state index contributed by atoms with van der Waals surface area (Å²) in [5, 5.41) is 13.4. The summed E-state index contributed by atoms with van der Waals surface area (Å²) < 4.78 is 5.31. The first kappa shape index (κ1) is 27.4. The lowest BCUT2D eigenvalue weighted by Crippen LogP contribution is -2.45. The molecule has 3 amide bonds. The van der Waals surface area contributed by atoms with Gasteiger partial charge in [-0.05, 0) is 54.3 Å². The highest BCUT2D eigenvalue weighted by Crippen LogP contribution is 2.33. The molecule has 9 nitrogen and oxygen atoms in total. The molecular formula is C30H30N4O5S. The highest BCUT2D eigenvalue weighted by atomic mass is 32.2. The van der Waals surface area contributed by atoms with E-state index in [4.69, 9.17) is 9.84 Å². The maximum absolute atomic E-state index is 13.5. The summed E-state index contributed by atoms with van der Waals surface area (Å²) in [6, 6.07) is 22.4. The molecule has 5 rings (SSSR count). The number of aryl methyl sites for hydroxylation is 1. The first-order chi connectivity index (χ1) is 19.5. The molecule has 3 aromatic carbocycles. The van der Waals surface area contributed by atoms with Gasteiger partial charge in [-0.25, -0.2) is 15.0 Å². The molecule has 0 bridgehead atoms. The van der Waals surface area contributed by atoms with Crippen LogP contribution in [0.25, 0.3) is 0 Å². The molecule has 2 N–H and O–H groups in total. The van der Waals surface area contributed by atoms with Crippen molar-refractivity contribution in [3.63, 3.8) is 0 Å². The highest BCUT2D eigenvalue weighted by molar-refractivity contribution is 7.99. The predicted molar refractivity (Wildman–Crippen MR) is 154 cm³/mol. The van der Waals surface area contributed by atoms with Crippen LogP contribution in [0, 0.1) is 0 Å². The SMILES string of the molecule is O=C(O)c1ccc(CCSc2ccc3c(c2)/C(=N/NC(=O)N2CCOCC2)C(=O)N3CCc2ccccc2)cc1. The molecule has 2 aliphatic rings. The molecule has 206 valence electrons. The van der Waals surface area contributed by atoms with Crippen molar-refractivity contribution in [1.29, 1.82) is 0 Å². The van der Waals surface area contributed by atoms with Gasteiger partial charge in [-0.2, -0.15) is 5.10 Å². The van der Waals surface area contributed by atoms with E-state index in [0.29, 0.717) is 44.8 Å². The summed E-state index contributed by atoms with van der Waals surface area (Å²) in [5.74, 6) is -0.407. The molecule has 10 heteroatoms. The van der Waals surface area contributed by atoms with Crippen molar-refractivity contribution < 1.29 is 24.2 Å². The first-order valence-electron chi connectivity index (χ1n) is 13.2. The van der Waals surface area contributed by atoms with Gasteiger partial charge in [0, 0.05) is 35.8 Å². The normalized spacial score (nSPS) is 15.8. The molecule has 1 fully saturated rings. The molecule has 0 saturated carbocycles. The van der Waals surface area contributed by atoms with Crippen molar-refractivity contribution in [3.05, 3.63) is 95.1 Å². The largest absolute Gasteiger partial charge is 0.478 e. The summed E-state index contributed by atoms with van der Waals surface area (Å²) in [7, 11) is 0. The number of hydrogen-bond donors (Lipinski definition) is 2. The zero-order valence-corrected chi connectivity index (χ0v) is 22.7. The third kappa shape index (κ3) is 6.52. The van der Waals surface area contributed by atoms with E-state index in [9.17, 15) is 14.4 Å². The van der Waals surface area contributed by atoms with E-state index < -0.39 is 5.97 Å². The maximum Gasteiger partial charge on any atom is 0.337 e. The number of hydrazone groups is 1. The van der Waals surface area contributed by atoms with E-state index >= 15 is 0 Å². The van der Waals surface area contributed by atoms with E-state index in [1.54, 1.807) is 33.7 Å². The number of hydrogen-bond acceptors (Lipinski definition) is 6. The van der Waals surface area contributed by atoms with Crippen molar-refractivity contribution in [1.82, 2.24) is 10.3 Å². The van der Waals surface area contributed by atoms with Crippen LogP contribution in [-0.2, 0) is 22.4 Å². The standard InChI is InChI=1S/C30H30N4O5S/c35-28-27(31-32-30(38)33-15-17-39-18-16-33)25-20-24(40-19-13-22-6-8-23(9-7-22)29(36)37)10-11-26(25)34(28)14-12-21-4-2-1-3-5-21/h1-11,20H,12-19H2,(H,32,38)(H,36,37)/b31-27-. The Balaban J connectivity index is 1.31. The number of carbonyl (C=O) groups is 3. The van der Waals surface area contributed by atoms with Crippen molar-refractivity contribution in [3.8, 4) is 0 Å². The molecule has 0 aliphatic carbocycles. The molecule has 3 aromatic rings. The number of aromatic carboxylic acids is 1. The molecule has 0 atom stereocenters. The maximum atomic E-state index is 13.5. The lowest BCUT2D eigenvalue weighted by atomic mass is 10.1. The molecule has 1 saturated heterocycles. The van der Waals surface area contributed by atoms with Crippen LogP contribution in [0.15, 0.2) is 82.8 Å². The van der Waals surface area contributed by atoms with E-state index in [-0.39, 0.29) is 23.2 Å². The molecule has 0 radical (unpaired) electrons. The van der Waals surface area contributed by atoms with Crippen molar-refractivity contribution in [2.45, 2.75) is 17.7 Å². The Kier molecular flexibility index (Phi) is 8.78. The summed E-state index contributed by atoms with van der Waals surface area (Å²) in [6.07, 6.45) is 1.46. The fourth-order valence-corrected chi connectivity index (χ4v) is 5.58. The lowest BCUT2D eigenvalue weighted by Gasteiger charge is -2.25. The van der Waals surface area contributed by atoms with Crippen LogP contribution in [0.3, 0.4) is 0 Å². The minimum absolute atomic E-state index is 0.219. The van der Waals surface area contributed by atoms with E-state index in [1.807, 2.05) is 60.7 Å². The van der Waals surface area contributed by atoms with E-state index in [2.05, 4.69) is 10.5 Å². The fraction of sp³-hybridized carbons (Fsp3) is 0.267. The average Bonchev–Trinajstić information content (AvgIpc) is 3.25. The number of anilines is 1. The van der Waals surface area contributed by atoms with Crippen molar-refractivity contribution >= 4 is 41.1 Å². The Morgan fingerprint density at radius 1 is 0.950 bits per heavy atom. The topological polar surface area (TPSA) is 112 Å². The molecule has 2 aliphatic heterocycles. The number of carbonyl (C=O) groups excluding carboxylic acids is 2. The Labute approximate surface area is 236 Å². The van der Waals surface area contributed by atoms with Crippen LogP contribution in [0.5, 0.6) is 0 Å². The number of carboxylic acids is 1. The summed E-state index contributed by atoms with van der Waals surface area (Å²) in [6.45, 7) is 2.40. The van der Waals surface area contributed by atoms with Gasteiger partial charge >= 0.3 is 12.0 Å². The number of rotatable bonds is 9. The van der Waals surface area contributed by atoms with E-state index in [0.717, 1.165) is 33.9 Å². The third-order valence-electron chi connectivity index (χ3n) is 6.85. The lowest BCUT2D eigenvalue weighted by molar-refractivity contribution is -0.112. The second-order valence-corrected chi connectivity index (χ2v) is 10.6. The van der Waals surface area contributed by atoms with Gasteiger partial charge in [-0.1, -0.05) is 42.5 Å². The quantitative estimate of drug-likeness (QED) is 0.303. The summed E-state index contributed by atoms with van der Waals surface area (Å²) in [4.78, 5) is 41.6. The number of nitrogens with zero attached hydrogens (tertiary/aromatic N) is 3. The monoisotopic (exact) mass is 558 g/mol. The molecule has 0 aromatic heterocycles. The van der Waals surface area contributed by atoms with Crippen LogP contribution in [0.1, 0.15) is 27.0 Å². The Morgan fingerprint density at radius 3 is 2.40 bits per heavy atom. The molecule has 0 spiro atoms. The Bertz CT molecular complexity index is 1410. The Hall–Kier alpha value is -4.15. The minimum Gasteiger partial charge on any atom is -0.478 e. The van der Waals surface area contributed by atoms with Gasteiger partial charge in [-0.15, -0.1) is 11.8 Å². The van der Waals surface area contributed by atoms with Crippen LogP contribution in [-0.4, -0.2) is 72.2 Å². The number of carboxylic acid groups (broad SMARTS) is 1. The fourth-order valence-electron chi connectivity index (χ4n) is 4.64. The number of benzene rings is 3.